The molecule has 0 spiro atoms. The molecule has 0 fully saturated rings. The van der Waals surface area contributed by atoms with Crippen molar-refractivity contribution in [1.29, 1.82) is 0 Å². The predicted octanol–water partition coefficient (Wildman–Crippen LogP) is -0.598. The maximum atomic E-state index is 10.9. The van der Waals surface area contributed by atoms with Crippen LogP contribution in [0.5, 0.6) is 0 Å². The van der Waals surface area contributed by atoms with Crippen LogP contribution in [-0.4, -0.2) is 26.1 Å². The van der Waals surface area contributed by atoms with Crippen LogP contribution in [0.25, 0.3) is 0 Å². The van der Waals surface area contributed by atoms with Crippen molar-refractivity contribution in [2.24, 2.45) is 7.05 Å². The Hall–Kier alpha value is -1.72. The second-order valence-corrected chi connectivity index (χ2v) is 2.41. The highest BCUT2D eigenvalue weighted by atomic mass is 16.1. The average Bonchev–Trinajstić information content (AvgIpc) is 2.49. The van der Waals surface area contributed by atoms with Crippen LogP contribution in [-0.2, 0) is 18.4 Å². The number of allylic oxidation sites excluding steroid dienone is 1. The minimum absolute atomic E-state index is 0.157. The van der Waals surface area contributed by atoms with Crippen LogP contribution >= 0.6 is 0 Å². The van der Waals surface area contributed by atoms with Crippen molar-refractivity contribution in [1.82, 2.24) is 25.5 Å². The molecule has 0 saturated heterocycles. The molecular weight excluding hydrogens is 170 g/mol. The van der Waals surface area contributed by atoms with Crippen LogP contribution in [0.1, 0.15) is 12.7 Å². The Morgan fingerprint density at radius 1 is 1.69 bits per heavy atom. The van der Waals surface area contributed by atoms with E-state index in [2.05, 4.69) is 20.7 Å². The van der Waals surface area contributed by atoms with Gasteiger partial charge in [-0.05, 0) is 18.2 Å². The van der Waals surface area contributed by atoms with E-state index in [4.69, 9.17) is 0 Å². The summed E-state index contributed by atoms with van der Waals surface area (Å²) in [6.45, 7) is 2.08. The van der Waals surface area contributed by atoms with Gasteiger partial charge in [0.25, 0.3) is 0 Å². The van der Waals surface area contributed by atoms with Crippen LogP contribution < -0.4 is 5.32 Å². The van der Waals surface area contributed by atoms with Gasteiger partial charge >= 0.3 is 0 Å². The van der Waals surface area contributed by atoms with Gasteiger partial charge in [-0.3, -0.25) is 4.79 Å². The van der Waals surface area contributed by atoms with Gasteiger partial charge in [-0.1, -0.05) is 6.08 Å². The Kier molecular flexibility index (Phi) is 3.13. The maximum Gasteiger partial charge on any atom is 0.244 e. The van der Waals surface area contributed by atoms with Crippen LogP contribution in [0.15, 0.2) is 12.2 Å². The van der Waals surface area contributed by atoms with E-state index >= 15 is 0 Å². The summed E-state index contributed by atoms with van der Waals surface area (Å²) in [7, 11) is 1.67. The van der Waals surface area contributed by atoms with E-state index in [-0.39, 0.29) is 5.91 Å². The molecule has 13 heavy (non-hydrogen) atoms. The molecule has 0 aromatic carbocycles. The number of rotatable bonds is 3. The molecule has 0 atom stereocenters. The second-order valence-electron chi connectivity index (χ2n) is 2.41. The molecule has 0 aliphatic heterocycles. The topological polar surface area (TPSA) is 72.7 Å². The SMILES string of the molecule is C/C=C/C(=O)NCc1nnn(C)n1. The van der Waals surface area contributed by atoms with Gasteiger partial charge in [0, 0.05) is 0 Å². The molecule has 0 aliphatic rings. The molecule has 0 saturated carbocycles. The first-order valence-electron chi connectivity index (χ1n) is 3.86. The summed E-state index contributed by atoms with van der Waals surface area (Å²) in [6, 6.07) is 0. The summed E-state index contributed by atoms with van der Waals surface area (Å²) in [5, 5.41) is 13.8. The van der Waals surface area contributed by atoms with Crippen LogP contribution in [0, 0.1) is 0 Å². The van der Waals surface area contributed by atoms with Gasteiger partial charge in [-0.2, -0.15) is 4.80 Å². The number of nitrogens with zero attached hydrogens (tertiary/aromatic N) is 4. The summed E-state index contributed by atoms with van der Waals surface area (Å²) in [5.74, 6) is 0.343. The average molecular weight is 181 g/mol. The number of aromatic nitrogens is 4. The lowest BCUT2D eigenvalue weighted by Gasteiger charge is -1.95. The smallest absolute Gasteiger partial charge is 0.244 e. The first-order valence-corrected chi connectivity index (χ1v) is 3.86. The van der Waals surface area contributed by atoms with Crippen molar-refractivity contribution >= 4 is 5.91 Å². The van der Waals surface area contributed by atoms with Gasteiger partial charge < -0.3 is 5.32 Å². The van der Waals surface area contributed by atoms with Gasteiger partial charge in [0.2, 0.25) is 5.91 Å². The van der Waals surface area contributed by atoms with Crippen LogP contribution in [0.2, 0.25) is 0 Å². The van der Waals surface area contributed by atoms with E-state index in [0.717, 1.165) is 0 Å². The zero-order valence-electron chi connectivity index (χ0n) is 7.56. The van der Waals surface area contributed by atoms with E-state index < -0.39 is 0 Å². The second kappa shape index (κ2) is 4.34. The molecule has 0 unspecified atom stereocenters. The number of aryl methyl sites for hydroxylation is 1. The fourth-order valence-electron chi connectivity index (χ4n) is 0.771. The summed E-state index contributed by atoms with van der Waals surface area (Å²) in [4.78, 5) is 12.3. The quantitative estimate of drug-likeness (QED) is 0.632. The standard InChI is InChI=1S/C7H11N5O/c1-3-4-7(13)8-5-6-9-11-12(2)10-6/h3-4H,5H2,1-2H3,(H,8,13)/b4-3+. The van der Waals surface area contributed by atoms with Crippen molar-refractivity contribution in [2.75, 3.05) is 0 Å². The number of carbonyl (C=O) groups is 1. The lowest BCUT2D eigenvalue weighted by Crippen LogP contribution is -2.21. The first kappa shape index (κ1) is 9.37. The Bertz CT molecular complexity index is 316. The number of carbonyl (C=O) groups excluding carboxylic acids is 1. The summed E-state index contributed by atoms with van der Waals surface area (Å²) in [5.41, 5.74) is 0. The Morgan fingerprint density at radius 3 is 3.00 bits per heavy atom. The van der Waals surface area contributed by atoms with Gasteiger partial charge in [0.15, 0.2) is 5.82 Å². The fraction of sp³-hybridized carbons (Fsp3) is 0.429. The molecule has 1 amide bonds. The molecule has 1 rings (SSSR count). The minimum Gasteiger partial charge on any atom is -0.345 e. The van der Waals surface area contributed by atoms with E-state index in [1.807, 2.05) is 0 Å². The highest BCUT2D eigenvalue weighted by Gasteiger charge is 2.00. The Morgan fingerprint density at radius 2 is 2.46 bits per heavy atom. The van der Waals surface area contributed by atoms with Gasteiger partial charge in [-0.15, -0.1) is 10.2 Å². The van der Waals surface area contributed by atoms with Crippen LogP contribution in [0.4, 0.5) is 0 Å². The normalized spacial score (nSPS) is 10.6. The molecule has 6 nitrogen and oxygen atoms in total. The number of tetrazole rings is 1. The number of hydrogen-bond donors (Lipinski definition) is 1. The summed E-state index contributed by atoms with van der Waals surface area (Å²) in [6.07, 6.45) is 3.11. The highest BCUT2D eigenvalue weighted by Crippen LogP contribution is 1.83. The third-order valence-electron chi connectivity index (χ3n) is 1.29. The minimum atomic E-state index is -0.157. The number of hydrogen-bond acceptors (Lipinski definition) is 4. The van der Waals surface area contributed by atoms with E-state index in [9.17, 15) is 4.79 Å². The van der Waals surface area contributed by atoms with E-state index in [1.165, 1.54) is 10.9 Å². The van der Waals surface area contributed by atoms with Gasteiger partial charge in [-0.25, -0.2) is 0 Å². The molecule has 6 heteroatoms. The molecule has 1 aromatic heterocycles. The summed E-state index contributed by atoms with van der Waals surface area (Å²) >= 11 is 0. The van der Waals surface area contributed by atoms with Crippen molar-refractivity contribution in [3.8, 4) is 0 Å². The molecule has 70 valence electrons. The molecule has 0 bridgehead atoms. The summed E-state index contributed by atoms with van der Waals surface area (Å²) < 4.78 is 0. The Balaban J connectivity index is 2.39. The molecule has 1 heterocycles. The van der Waals surface area contributed by atoms with Crippen molar-refractivity contribution < 1.29 is 4.79 Å². The lowest BCUT2D eigenvalue weighted by atomic mass is 10.5. The largest absolute Gasteiger partial charge is 0.345 e. The zero-order valence-corrected chi connectivity index (χ0v) is 7.56. The first-order chi connectivity index (χ1) is 6.22. The molecule has 1 aromatic rings. The molecular formula is C7H11N5O. The molecule has 1 N–H and O–H groups in total. The highest BCUT2D eigenvalue weighted by molar-refractivity contribution is 5.87. The van der Waals surface area contributed by atoms with Gasteiger partial charge in [0.1, 0.15) is 0 Å². The fourth-order valence-corrected chi connectivity index (χ4v) is 0.771. The monoisotopic (exact) mass is 181 g/mol. The third kappa shape index (κ3) is 3.02. The zero-order chi connectivity index (χ0) is 9.68. The van der Waals surface area contributed by atoms with Crippen molar-refractivity contribution in [3.63, 3.8) is 0 Å². The van der Waals surface area contributed by atoms with Crippen LogP contribution in [0.3, 0.4) is 0 Å². The number of amides is 1. The van der Waals surface area contributed by atoms with Crippen molar-refractivity contribution in [2.45, 2.75) is 13.5 Å². The van der Waals surface area contributed by atoms with Gasteiger partial charge in [0.05, 0.1) is 13.6 Å². The van der Waals surface area contributed by atoms with E-state index in [0.29, 0.717) is 12.4 Å². The van der Waals surface area contributed by atoms with Crippen molar-refractivity contribution in [3.05, 3.63) is 18.0 Å². The maximum absolute atomic E-state index is 10.9. The Labute approximate surface area is 75.6 Å². The predicted molar refractivity (Wildman–Crippen MR) is 45.5 cm³/mol. The third-order valence-corrected chi connectivity index (χ3v) is 1.29. The lowest BCUT2D eigenvalue weighted by molar-refractivity contribution is -0.116. The number of nitrogens with one attached hydrogen (secondary N) is 1. The van der Waals surface area contributed by atoms with E-state index in [1.54, 1.807) is 20.0 Å². The molecule has 0 aliphatic carbocycles. The molecule has 0 radical (unpaired) electrons.